The number of epoxide rings is 1. The largest absolute Gasteiger partial charge is 0.444 e. The van der Waals surface area contributed by atoms with Gasteiger partial charge in [0.1, 0.15) is 17.9 Å². The van der Waals surface area contributed by atoms with Gasteiger partial charge in [-0.2, -0.15) is 0 Å². The first kappa shape index (κ1) is 10.4. The summed E-state index contributed by atoms with van der Waals surface area (Å²) in [6, 6.07) is 0.0137. The smallest absolute Gasteiger partial charge is 0.412 e. The Bertz CT molecular complexity index is 337. The first-order valence-electron chi connectivity index (χ1n) is 5.73. The van der Waals surface area contributed by atoms with Gasteiger partial charge in [0.05, 0.1) is 12.1 Å². The van der Waals surface area contributed by atoms with Crippen molar-refractivity contribution < 1.29 is 19.4 Å². The third kappa shape index (κ3) is 1.34. The third-order valence-corrected chi connectivity index (χ3v) is 3.51. The maximum absolute atomic E-state index is 11.9. The molecule has 1 aliphatic carbocycles. The Kier molecular flexibility index (Phi) is 1.87. The van der Waals surface area contributed by atoms with Gasteiger partial charge in [-0.1, -0.05) is 0 Å². The Morgan fingerprint density at radius 1 is 1.44 bits per heavy atom. The normalized spacial score (nSPS) is 44.5. The summed E-state index contributed by atoms with van der Waals surface area (Å²) in [7, 11) is 0. The fourth-order valence-electron chi connectivity index (χ4n) is 2.86. The molecule has 1 amide bonds. The molecule has 2 aliphatic heterocycles. The number of aliphatic hydroxyl groups excluding tert-OH is 1. The Morgan fingerprint density at radius 2 is 2.12 bits per heavy atom. The van der Waals surface area contributed by atoms with E-state index in [1.54, 1.807) is 0 Å². The monoisotopic (exact) mass is 227 g/mol. The zero-order chi connectivity index (χ0) is 11.7. The fourth-order valence-corrected chi connectivity index (χ4v) is 2.86. The molecule has 16 heavy (non-hydrogen) atoms. The van der Waals surface area contributed by atoms with Gasteiger partial charge in [-0.25, -0.2) is 4.79 Å². The van der Waals surface area contributed by atoms with Gasteiger partial charge >= 0.3 is 6.09 Å². The number of likely N-dealkylation sites (tertiary alicyclic amines) is 1. The van der Waals surface area contributed by atoms with Crippen LogP contribution in [0.4, 0.5) is 4.79 Å². The lowest BCUT2D eigenvalue weighted by Crippen LogP contribution is -2.49. The van der Waals surface area contributed by atoms with Crippen molar-refractivity contribution in [1.29, 1.82) is 0 Å². The van der Waals surface area contributed by atoms with Gasteiger partial charge < -0.3 is 14.6 Å². The molecule has 3 rings (SSSR count). The maximum atomic E-state index is 11.9. The lowest BCUT2D eigenvalue weighted by atomic mass is 10.1. The number of ether oxygens (including phenoxy) is 2. The van der Waals surface area contributed by atoms with Crippen molar-refractivity contribution in [3.05, 3.63) is 0 Å². The van der Waals surface area contributed by atoms with E-state index in [0.29, 0.717) is 0 Å². The minimum atomic E-state index is -0.733. The van der Waals surface area contributed by atoms with Crippen molar-refractivity contribution >= 4 is 6.09 Å². The summed E-state index contributed by atoms with van der Waals surface area (Å²) in [6.45, 7) is 5.46. The standard InChI is InChI=1S/C11H17NO4/c1-11(2,3)16-10(14)12-6-4-5(9(12)13)7-8(6)15-7/h5-9,13H,4H2,1-3H3/t5-,6+,7+,8-,9?/m0/s1. The van der Waals surface area contributed by atoms with E-state index in [1.807, 2.05) is 20.8 Å². The van der Waals surface area contributed by atoms with Gasteiger partial charge in [-0.05, 0) is 27.2 Å². The van der Waals surface area contributed by atoms with Crippen LogP contribution in [0.25, 0.3) is 0 Å². The molecule has 1 N–H and O–H groups in total. The molecule has 5 atom stereocenters. The van der Waals surface area contributed by atoms with Gasteiger partial charge in [0.2, 0.25) is 0 Å². The first-order chi connectivity index (χ1) is 7.38. The predicted octanol–water partition coefficient (Wildman–Crippen LogP) is 0.711. The quantitative estimate of drug-likeness (QED) is 0.619. The highest BCUT2D eigenvalue weighted by molar-refractivity contribution is 5.70. The SMILES string of the molecule is CC(C)(C)OC(=O)N1C(O)[C@H]2C[C@@H]1[C@@H]1O[C@@H]12. The zero-order valence-electron chi connectivity index (χ0n) is 9.71. The van der Waals surface area contributed by atoms with Crippen LogP contribution in [0.3, 0.4) is 0 Å². The fraction of sp³-hybridized carbons (Fsp3) is 0.909. The van der Waals surface area contributed by atoms with Gasteiger partial charge in [-0.15, -0.1) is 0 Å². The number of amides is 1. The minimum absolute atomic E-state index is 0.0137. The van der Waals surface area contributed by atoms with Crippen molar-refractivity contribution in [2.24, 2.45) is 5.92 Å². The van der Waals surface area contributed by atoms with Crippen LogP contribution in [0, 0.1) is 5.92 Å². The molecule has 90 valence electrons. The van der Waals surface area contributed by atoms with E-state index >= 15 is 0 Å². The van der Waals surface area contributed by atoms with Crippen molar-refractivity contribution in [1.82, 2.24) is 4.90 Å². The van der Waals surface area contributed by atoms with Gasteiger partial charge in [-0.3, -0.25) is 4.90 Å². The summed E-state index contributed by atoms with van der Waals surface area (Å²) < 4.78 is 10.7. The van der Waals surface area contributed by atoms with Crippen LogP contribution < -0.4 is 0 Å². The van der Waals surface area contributed by atoms with Crippen molar-refractivity contribution in [2.75, 3.05) is 0 Å². The number of nitrogens with zero attached hydrogens (tertiary/aromatic N) is 1. The summed E-state index contributed by atoms with van der Waals surface area (Å²) in [4.78, 5) is 13.4. The Hall–Kier alpha value is -0.810. The highest BCUT2D eigenvalue weighted by Gasteiger charge is 2.68. The first-order valence-corrected chi connectivity index (χ1v) is 5.73. The van der Waals surface area contributed by atoms with Crippen LogP contribution in [0.2, 0.25) is 0 Å². The number of rotatable bonds is 0. The number of carbonyl (C=O) groups is 1. The highest BCUT2D eigenvalue weighted by atomic mass is 16.6. The van der Waals surface area contributed by atoms with Crippen molar-refractivity contribution in [3.8, 4) is 0 Å². The average molecular weight is 227 g/mol. The maximum Gasteiger partial charge on any atom is 0.412 e. The molecule has 5 heteroatoms. The van der Waals surface area contributed by atoms with Crippen LogP contribution in [0.5, 0.6) is 0 Å². The predicted molar refractivity (Wildman–Crippen MR) is 54.6 cm³/mol. The lowest BCUT2D eigenvalue weighted by Gasteiger charge is -2.31. The topological polar surface area (TPSA) is 62.3 Å². The summed E-state index contributed by atoms with van der Waals surface area (Å²) in [5, 5.41) is 9.99. The van der Waals surface area contributed by atoms with E-state index in [2.05, 4.69) is 0 Å². The molecular weight excluding hydrogens is 210 g/mol. The molecule has 1 saturated carbocycles. The second-order valence-electron chi connectivity index (χ2n) is 5.83. The molecule has 0 aromatic carbocycles. The molecular formula is C11H17NO4. The van der Waals surface area contributed by atoms with E-state index in [-0.39, 0.29) is 24.2 Å². The molecule has 0 radical (unpaired) electrons. The van der Waals surface area contributed by atoms with Crippen molar-refractivity contribution in [2.45, 2.75) is 57.3 Å². The van der Waals surface area contributed by atoms with Crippen LogP contribution in [-0.4, -0.2) is 46.2 Å². The van der Waals surface area contributed by atoms with E-state index in [9.17, 15) is 9.90 Å². The summed E-state index contributed by atoms with van der Waals surface area (Å²) >= 11 is 0. The van der Waals surface area contributed by atoms with Crippen LogP contribution in [0.15, 0.2) is 0 Å². The summed E-state index contributed by atoms with van der Waals surface area (Å²) in [6.07, 6.45) is 0.0000869. The second-order valence-corrected chi connectivity index (χ2v) is 5.83. The molecule has 0 aromatic heterocycles. The number of aliphatic hydroxyl groups is 1. The summed E-state index contributed by atoms with van der Waals surface area (Å²) in [5.74, 6) is 0.0857. The molecule has 0 aromatic rings. The molecule has 5 nitrogen and oxygen atoms in total. The third-order valence-electron chi connectivity index (χ3n) is 3.51. The number of carbonyl (C=O) groups excluding carboxylic acids is 1. The minimum Gasteiger partial charge on any atom is -0.444 e. The number of piperidine rings is 1. The molecule has 3 fully saturated rings. The van der Waals surface area contributed by atoms with E-state index in [4.69, 9.17) is 9.47 Å². The molecule has 3 aliphatic rings. The second kappa shape index (κ2) is 2.90. The summed E-state index contributed by atoms with van der Waals surface area (Å²) in [5.41, 5.74) is -0.525. The number of hydrogen-bond donors (Lipinski definition) is 1. The van der Waals surface area contributed by atoms with Crippen LogP contribution >= 0.6 is 0 Å². The van der Waals surface area contributed by atoms with Gasteiger partial charge in [0.15, 0.2) is 0 Å². The van der Waals surface area contributed by atoms with Gasteiger partial charge in [0, 0.05) is 5.92 Å². The number of hydrogen-bond acceptors (Lipinski definition) is 4. The van der Waals surface area contributed by atoms with E-state index in [1.165, 1.54) is 4.90 Å². The Balaban J connectivity index is 1.74. The van der Waals surface area contributed by atoms with Crippen LogP contribution in [-0.2, 0) is 9.47 Å². The molecule has 1 unspecified atom stereocenters. The number of fused-ring (bicyclic) bond motifs is 5. The van der Waals surface area contributed by atoms with Crippen molar-refractivity contribution in [3.63, 3.8) is 0 Å². The Labute approximate surface area is 94.3 Å². The van der Waals surface area contributed by atoms with E-state index < -0.39 is 17.9 Å². The molecule has 2 saturated heterocycles. The lowest BCUT2D eigenvalue weighted by molar-refractivity contribution is -0.0425. The zero-order valence-corrected chi connectivity index (χ0v) is 9.71. The van der Waals surface area contributed by atoms with Gasteiger partial charge in [0.25, 0.3) is 0 Å². The average Bonchev–Trinajstić information content (AvgIpc) is 2.74. The van der Waals surface area contributed by atoms with E-state index in [0.717, 1.165) is 6.42 Å². The molecule has 2 heterocycles. The highest BCUT2D eigenvalue weighted by Crippen LogP contribution is 2.53. The molecule has 2 bridgehead atoms. The Morgan fingerprint density at radius 3 is 2.69 bits per heavy atom. The van der Waals surface area contributed by atoms with Crippen LogP contribution in [0.1, 0.15) is 27.2 Å². The molecule has 0 spiro atoms.